The molecule has 0 spiro atoms. The first kappa shape index (κ1) is 22.4. The molecule has 1 amide bonds. The van der Waals surface area contributed by atoms with E-state index in [1.54, 1.807) is 12.1 Å². The molecule has 6 heteroatoms. The summed E-state index contributed by atoms with van der Waals surface area (Å²) in [6.07, 6.45) is 1.45. The van der Waals surface area contributed by atoms with Crippen LogP contribution in [0.4, 0.5) is 0 Å². The zero-order valence-corrected chi connectivity index (χ0v) is 18.4. The number of rotatable bonds is 7. The Labute approximate surface area is 191 Å². The molecule has 3 aromatic carbocycles. The number of ether oxygens (including phenoxy) is 1. The number of amides is 1. The predicted molar refractivity (Wildman–Crippen MR) is 124 cm³/mol. The number of nitrogens with zero attached hydrogens (tertiary/aromatic N) is 1. The van der Waals surface area contributed by atoms with E-state index in [-0.39, 0.29) is 5.57 Å². The lowest BCUT2D eigenvalue weighted by atomic mass is 10.1. The summed E-state index contributed by atoms with van der Waals surface area (Å²) in [4.78, 5) is 12.4. The summed E-state index contributed by atoms with van der Waals surface area (Å²) < 4.78 is 5.80. The van der Waals surface area contributed by atoms with Crippen molar-refractivity contribution in [3.05, 3.63) is 105 Å². The average Bonchev–Trinajstić information content (AvgIpc) is 2.76. The van der Waals surface area contributed by atoms with Gasteiger partial charge in [-0.3, -0.25) is 4.79 Å². The van der Waals surface area contributed by atoms with Crippen LogP contribution in [-0.4, -0.2) is 5.91 Å². The fourth-order valence-corrected chi connectivity index (χ4v) is 3.56. The molecule has 1 N–H and O–H groups in total. The summed E-state index contributed by atoms with van der Waals surface area (Å²) in [6.45, 7) is 2.65. The monoisotopic (exact) mass is 450 g/mol. The lowest BCUT2D eigenvalue weighted by molar-refractivity contribution is -0.117. The number of hydrogen-bond donors (Lipinski definition) is 1. The molecule has 156 valence electrons. The number of nitriles is 1. The molecule has 0 radical (unpaired) electrons. The van der Waals surface area contributed by atoms with Gasteiger partial charge in [0.2, 0.25) is 0 Å². The van der Waals surface area contributed by atoms with Crippen molar-refractivity contribution < 1.29 is 9.53 Å². The van der Waals surface area contributed by atoms with Crippen LogP contribution in [0.15, 0.2) is 72.3 Å². The largest absolute Gasteiger partial charge is 0.486 e. The fourth-order valence-electron chi connectivity index (χ4n) is 2.95. The van der Waals surface area contributed by atoms with Gasteiger partial charge in [0.25, 0.3) is 5.91 Å². The Hall–Kier alpha value is -3.26. The van der Waals surface area contributed by atoms with Crippen molar-refractivity contribution in [2.75, 3.05) is 0 Å². The molecule has 0 aliphatic heterocycles. The first-order chi connectivity index (χ1) is 15.0. The second-order valence-electron chi connectivity index (χ2n) is 6.93. The van der Waals surface area contributed by atoms with Crippen LogP contribution in [0.1, 0.15) is 22.3 Å². The van der Waals surface area contributed by atoms with E-state index in [1.807, 2.05) is 67.6 Å². The van der Waals surface area contributed by atoms with E-state index in [9.17, 15) is 10.1 Å². The number of carbonyl (C=O) groups excluding carboxylic acids is 1. The maximum atomic E-state index is 12.4. The van der Waals surface area contributed by atoms with Crippen LogP contribution in [-0.2, 0) is 17.9 Å². The number of nitrogens with one attached hydrogen (secondary N) is 1. The van der Waals surface area contributed by atoms with Crippen LogP contribution in [0.2, 0.25) is 10.0 Å². The Bertz CT molecular complexity index is 1130. The molecule has 0 unspecified atom stereocenters. The van der Waals surface area contributed by atoms with Crippen molar-refractivity contribution in [2.45, 2.75) is 20.1 Å². The Morgan fingerprint density at radius 1 is 1.03 bits per heavy atom. The summed E-state index contributed by atoms with van der Waals surface area (Å²) >= 11 is 12.7. The molecular weight excluding hydrogens is 431 g/mol. The molecule has 3 rings (SSSR count). The zero-order chi connectivity index (χ0) is 22.2. The van der Waals surface area contributed by atoms with Crippen LogP contribution < -0.4 is 10.1 Å². The minimum atomic E-state index is -0.474. The number of hydrogen-bond acceptors (Lipinski definition) is 3. The quantitative estimate of drug-likeness (QED) is 0.349. The normalized spacial score (nSPS) is 11.0. The average molecular weight is 451 g/mol. The van der Waals surface area contributed by atoms with Crippen LogP contribution in [0, 0.1) is 18.3 Å². The van der Waals surface area contributed by atoms with Crippen molar-refractivity contribution in [2.24, 2.45) is 0 Å². The number of aryl methyl sites for hydroxylation is 1. The third-order valence-electron chi connectivity index (χ3n) is 4.46. The van der Waals surface area contributed by atoms with E-state index in [1.165, 1.54) is 6.08 Å². The third kappa shape index (κ3) is 6.36. The molecule has 31 heavy (non-hydrogen) atoms. The van der Waals surface area contributed by atoms with Gasteiger partial charge in [0, 0.05) is 6.54 Å². The Kier molecular flexibility index (Phi) is 7.72. The van der Waals surface area contributed by atoms with Gasteiger partial charge in [0.15, 0.2) is 5.75 Å². The molecule has 4 nitrogen and oxygen atoms in total. The van der Waals surface area contributed by atoms with Crippen molar-refractivity contribution in [3.8, 4) is 11.8 Å². The minimum absolute atomic E-state index is 0.0449. The summed E-state index contributed by atoms with van der Waals surface area (Å²) in [5.41, 5.74) is 3.56. The third-order valence-corrected chi connectivity index (χ3v) is 5.02. The smallest absolute Gasteiger partial charge is 0.262 e. The van der Waals surface area contributed by atoms with E-state index in [2.05, 4.69) is 5.32 Å². The predicted octanol–water partition coefficient (Wildman–Crippen LogP) is 6.10. The van der Waals surface area contributed by atoms with Gasteiger partial charge in [0.05, 0.1) is 10.0 Å². The van der Waals surface area contributed by atoms with Crippen molar-refractivity contribution >= 4 is 35.2 Å². The van der Waals surface area contributed by atoms with E-state index in [0.29, 0.717) is 34.5 Å². The SMILES string of the molecule is Cc1cccc(COc2c(Cl)cc(/C=C(/C#N)C(=O)NCc3ccccc3)cc2Cl)c1. The molecular formula is C25H20Cl2N2O2. The molecule has 0 aliphatic carbocycles. The molecule has 0 bridgehead atoms. The summed E-state index contributed by atoms with van der Waals surface area (Å²) in [7, 11) is 0. The molecule has 0 heterocycles. The number of benzene rings is 3. The highest BCUT2D eigenvalue weighted by Gasteiger charge is 2.13. The van der Waals surface area contributed by atoms with E-state index in [0.717, 1.165) is 16.7 Å². The van der Waals surface area contributed by atoms with E-state index < -0.39 is 5.91 Å². The molecule has 3 aromatic rings. The van der Waals surface area contributed by atoms with Gasteiger partial charge in [0.1, 0.15) is 18.2 Å². The summed E-state index contributed by atoms with van der Waals surface area (Å²) in [6, 6.07) is 22.5. The molecule has 0 atom stereocenters. The Morgan fingerprint density at radius 2 is 1.71 bits per heavy atom. The highest BCUT2D eigenvalue weighted by Crippen LogP contribution is 2.35. The summed E-state index contributed by atoms with van der Waals surface area (Å²) in [5.74, 6) is -0.118. The topological polar surface area (TPSA) is 62.1 Å². The lowest BCUT2D eigenvalue weighted by Crippen LogP contribution is -2.23. The van der Waals surface area contributed by atoms with Crippen LogP contribution in [0.3, 0.4) is 0 Å². The molecule has 0 aliphatic rings. The standard InChI is InChI=1S/C25H20Cl2N2O2/c1-17-6-5-9-19(10-17)16-31-24-22(26)12-20(13-23(24)27)11-21(14-28)25(30)29-15-18-7-3-2-4-8-18/h2-13H,15-16H2,1H3,(H,29,30)/b21-11-. The number of halogens is 2. The second kappa shape index (κ2) is 10.7. The highest BCUT2D eigenvalue weighted by molar-refractivity contribution is 6.37. The van der Waals surface area contributed by atoms with E-state index >= 15 is 0 Å². The fraction of sp³-hybridized carbons (Fsp3) is 0.120. The van der Waals surface area contributed by atoms with Gasteiger partial charge in [-0.05, 0) is 41.8 Å². The van der Waals surface area contributed by atoms with Crippen LogP contribution >= 0.6 is 23.2 Å². The first-order valence-corrected chi connectivity index (χ1v) is 10.3. The second-order valence-corrected chi connectivity index (χ2v) is 7.74. The molecule has 0 aromatic heterocycles. The summed E-state index contributed by atoms with van der Waals surface area (Å²) in [5, 5.41) is 12.7. The minimum Gasteiger partial charge on any atom is -0.486 e. The Morgan fingerprint density at radius 3 is 2.35 bits per heavy atom. The van der Waals surface area contributed by atoms with Crippen LogP contribution in [0.25, 0.3) is 6.08 Å². The van der Waals surface area contributed by atoms with Gasteiger partial charge in [-0.2, -0.15) is 5.26 Å². The van der Waals surface area contributed by atoms with E-state index in [4.69, 9.17) is 27.9 Å². The van der Waals surface area contributed by atoms with Crippen LogP contribution in [0.5, 0.6) is 5.75 Å². The maximum absolute atomic E-state index is 12.4. The lowest BCUT2D eigenvalue weighted by Gasteiger charge is -2.11. The Balaban J connectivity index is 1.71. The van der Waals surface area contributed by atoms with Gasteiger partial charge in [-0.15, -0.1) is 0 Å². The molecule has 0 saturated carbocycles. The first-order valence-electron chi connectivity index (χ1n) is 9.57. The zero-order valence-electron chi connectivity index (χ0n) is 16.9. The van der Waals surface area contributed by atoms with Crippen molar-refractivity contribution in [1.29, 1.82) is 5.26 Å². The van der Waals surface area contributed by atoms with Crippen molar-refractivity contribution in [1.82, 2.24) is 5.32 Å². The van der Waals surface area contributed by atoms with Gasteiger partial charge in [-0.1, -0.05) is 83.4 Å². The molecule has 0 fully saturated rings. The molecule has 0 saturated heterocycles. The van der Waals surface area contributed by atoms with Gasteiger partial charge in [-0.25, -0.2) is 0 Å². The number of carbonyl (C=O) groups is 1. The van der Waals surface area contributed by atoms with Gasteiger partial charge >= 0.3 is 0 Å². The highest BCUT2D eigenvalue weighted by atomic mass is 35.5. The van der Waals surface area contributed by atoms with Gasteiger partial charge < -0.3 is 10.1 Å². The van der Waals surface area contributed by atoms with Crippen molar-refractivity contribution in [3.63, 3.8) is 0 Å². The maximum Gasteiger partial charge on any atom is 0.262 e.